The Morgan fingerprint density at radius 2 is 1.82 bits per heavy atom. The van der Waals surface area contributed by atoms with E-state index in [0.29, 0.717) is 17.8 Å². The molecule has 0 fully saturated rings. The van der Waals surface area contributed by atoms with E-state index in [-0.39, 0.29) is 32.7 Å². The number of carbonyl (C=O) groups is 1. The van der Waals surface area contributed by atoms with Gasteiger partial charge in [0.25, 0.3) is 0 Å². The SMILES string of the molecule is CC.Cc1cc([N-]NCCc2ccccc2)cc(C(OC(C)(C)C)C(=O)O)c1-c1ccc2c(c1)CCCO2.[Y]. The van der Waals surface area contributed by atoms with Gasteiger partial charge in [0.05, 0.1) is 12.2 Å². The number of hydrogen-bond acceptors (Lipinski definition) is 4. The Kier molecular flexibility index (Phi) is 13.1. The Bertz CT molecular complexity index is 1210. The Balaban J connectivity index is 0.00000174. The first kappa shape index (κ1) is 33.0. The molecule has 207 valence electrons. The van der Waals surface area contributed by atoms with Gasteiger partial charge < -0.3 is 25.4 Å². The van der Waals surface area contributed by atoms with Crippen molar-refractivity contribution in [3.63, 3.8) is 0 Å². The quantitative estimate of drug-likeness (QED) is 0.193. The van der Waals surface area contributed by atoms with E-state index in [0.717, 1.165) is 53.9 Å². The van der Waals surface area contributed by atoms with Crippen LogP contribution in [0, 0.1) is 6.92 Å². The van der Waals surface area contributed by atoms with E-state index in [4.69, 9.17) is 9.47 Å². The fourth-order valence-corrected chi connectivity index (χ4v) is 4.57. The molecule has 1 heterocycles. The second-order valence-electron chi connectivity index (χ2n) is 10.2. The third-order valence-electron chi connectivity index (χ3n) is 6.10. The van der Waals surface area contributed by atoms with E-state index in [1.165, 1.54) is 5.56 Å². The number of nitrogens with one attached hydrogen (secondary N) is 1. The molecule has 0 spiro atoms. The summed E-state index contributed by atoms with van der Waals surface area (Å²) in [6.45, 7) is 13.0. The molecule has 0 saturated carbocycles. The normalized spacial score (nSPS) is 13.1. The topological polar surface area (TPSA) is 81.9 Å². The molecule has 3 aromatic carbocycles. The Labute approximate surface area is 258 Å². The summed E-state index contributed by atoms with van der Waals surface area (Å²) in [7, 11) is 0. The van der Waals surface area contributed by atoms with Crippen molar-refractivity contribution in [2.75, 3.05) is 13.2 Å². The minimum Gasteiger partial charge on any atom is -0.623 e. The van der Waals surface area contributed by atoms with Crippen molar-refractivity contribution in [2.45, 2.75) is 72.5 Å². The number of aryl methyl sites for hydroxylation is 2. The van der Waals surface area contributed by atoms with Crippen molar-refractivity contribution in [2.24, 2.45) is 0 Å². The second kappa shape index (κ2) is 15.5. The second-order valence-corrected chi connectivity index (χ2v) is 10.2. The van der Waals surface area contributed by atoms with Crippen molar-refractivity contribution in [1.29, 1.82) is 0 Å². The van der Waals surface area contributed by atoms with E-state index in [1.807, 2.05) is 84.0 Å². The molecule has 0 amide bonds. The predicted molar refractivity (Wildman–Crippen MR) is 154 cm³/mol. The van der Waals surface area contributed by atoms with E-state index in [9.17, 15) is 9.90 Å². The van der Waals surface area contributed by atoms with Crippen LogP contribution in [-0.2, 0) is 55.1 Å². The average molecular weight is 607 g/mol. The van der Waals surface area contributed by atoms with E-state index >= 15 is 0 Å². The minimum atomic E-state index is -1.13. The maximum absolute atomic E-state index is 12.4. The Morgan fingerprint density at radius 1 is 1.10 bits per heavy atom. The third kappa shape index (κ3) is 9.42. The summed E-state index contributed by atoms with van der Waals surface area (Å²) < 4.78 is 11.9. The van der Waals surface area contributed by atoms with Crippen molar-refractivity contribution >= 4 is 11.7 Å². The summed E-state index contributed by atoms with van der Waals surface area (Å²) in [6.07, 6.45) is 1.62. The number of carboxylic acid groups (broad SMARTS) is 1. The van der Waals surface area contributed by atoms with Crippen LogP contribution in [-0.4, -0.2) is 29.8 Å². The Morgan fingerprint density at radius 3 is 2.49 bits per heavy atom. The van der Waals surface area contributed by atoms with Gasteiger partial charge in [-0.1, -0.05) is 62.4 Å². The number of ether oxygens (including phenoxy) is 2. The smallest absolute Gasteiger partial charge is 0.337 e. The van der Waals surface area contributed by atoms with E-state index in [2.05, 4.69) is 29.1 Å². The molecule has 0 aromatic heterocycles. The summed E-state index contributed by atoms with van der Waals surface area (Å²) >= 11 is 0. The number of hydrogen-bond donors (Lipinski definition) is 2. The maximum atomic E-state index is 12.4. The minimum absolute atomic E-state index is 0. The molecular formula is C32H41N2O4Y-. The van der Waals surface area contributed by atoms with Gasteiger partial charge >= 0.3 is 5.97 Å². The molecular weight excluding hydrogens is 565 g/mol. The first-order valence-corrected chi connectivity index (χ1v) is 13.5. The van der Waals surface area contributed by atoms with Crippen LogP contribution >= 0.6 is 0 Å². The molecule has 1 aliphatic heterocycles. The number of fused-ring (bicyclic) bond motifs is 1. The van der Waals surface area contributed by atoms with Crippen LogP contribution < -0.4 is 10.2 Å². The molecule has 0 bridgehead atoms. The number of carboxylic acids is 1. The molecule has 1 atom stereocenters. The Hall–Kier alpha value is -2.25. The van der Waals surface area contributed by atoms with E-state index < -0.39 is 17.7 Å². The third-order valence-corrected chi connectivity index (χ3v) is 6.10. The van der Waals surface area contributed by atoms with Crippen molar-refractivity contribution in [1.82, 2.24) is 5.43 Å². The molecule has 7 heteroatoms. The van der Waals surface area contributed by atoms with Gasteiger partial charge in [-0.05, 0) is 99.0 Å². The first-order valence-electron chi connectivity index (χ1n) is 13.5. The number of aliphatic carboxylic acids is 1. The van der Waals surface area contributed by atoms with Crippen LogP contribution in [0.4, 0.5) is 5.69 Å². The van der Waals surface area contributed by atoms with Crippen molar-refractivity contribution in [3.8, 4) is 16.9 Å². The van der Waals surface area contributed by atoms with Crippen LogP contribution in [0.1, 0.15) is 69.4 Å². The molecule has 4 rings (SSSR count). The fraction of sp³-hybridized carbons (Fsp3) is 0.406. The van der Waals surface area contributed by atoms with Gasteiger partial charge in [-0.2, -0.15) is 0 Å². The van der Waals surface area contributed by atoms with Gasteiger partial charge in [0.1, 0.15) is 5.75 Å². The molecule has 1 unspecified atom stereocenters. The van der Waals surface area contributed by atoms with Gasteiger partial charge in [-0.15, -0.1) is 5.69 Å². The molecule has 0 aliphatic carbocycles. The standard InChI is InChI=1S/C30H35N2O4.C2H6.Y/c1-20-17-24(32-31-15-14-21-9-6-5-7-10-21)19-25(28(29(33)34)36-30(2,3)4)27(20)23-12-13-26-22(18-23)11-8-16-35-26;1-2;/h5-7,9-10,12-13,17-19,28,31H,8,11,14-16H2,1-4H3,(H,33,34);1-2H3;/q-1;;. The summed E-state index contributed by atoms with van der Waals surface area (Å²) in [6, 6.07) is 20.1. The largest absolute Gasteiger partial charge is 0.623 e. The monoisotopic (exact) mass is 606 g/mol. The number of rotatable bonds is 9. The number of benzene rings is 3. The summed E-state index contributed by atoms with van der Waals surface area (Å²) in [5.41, 5.74) is 13.5. The van der Waals surface area contributed by atoms with Gasteiger partial charge in [-0.25, -0.2) is 4.79 Å². The van der Waals surface area contributed by atoms with Crippen molar-refractivity contribution < 1.29 is 52.1 Å². The zero-order chi connectivity index (χ0) is 27.7. The van der Waals surface area contributed by atoms with Gasteiger partial charge in [0.15, 0.2) is 6.10 Å². The van der Waals surface area contributed by atoms with Crippen LogP contribution in [0.5, 0.6) is 5.75 Å². The summed E-state index contributed by atoms with van der Waals surface area (Å²) in [5.74, 6) is -0.125. The molecule has 3 aromatic rings. The van der Waals surface area contributed by atoms with Crippen molar-refractivity contribution in [3.05, 3.63) is 88.3 Å². The van der Waals surface area contributed by atoms with Crippen LogP contribution in [0.25, 0.3) is 16.6 Å². The van der Waals surface area contributed by atoms with Gasteiger partial charge in [0, 0.05) is 32.7 Å². The van der Waals surface area contributed by atoms with Gasteiger partial charge in [-0.3, -0.25) is 0 Å². The molecule has 1 radical (unpaired) electrons. The molecule has 6 nitrogen and oxygen atoms in total. The molecule has 39 heavy (non-hydrogen) atoms. The molecule has 0 saturated heterocycles. The van der Waals surface area contributed by atoms with Crippen LogP contribution in [0.3, 0.4) is 0 Å². The van der Waals surface area contributed by atoms with Crippen LogP contribution in [0.2, 0.25) is 0 Å². The molecule has 2 N–H and O–H groups in total. The maximum Gasteiger partial charge on any atom is 0.337 e. The zero-order valence-electron chi connectivity index (χ0n) is 24.1. The predicted octanol–water partition coefficient (Wildman–Crippen LogP) is 7.70. The number of nitrogens with zero attached hydrogens (tertiary/aromatic N) is 1. The van der Waals surface area contributed by atoms with E-state index in [1.54, 1.807) is 0 Å². The summed E-state index contributed by atoms with van der Waals surface area (Å²) in [4.78, 5) is 12.4. The fourth-order valence-electron chi connectivity index (χ4n) is 4.57. The first-order chi connectivity index (χ1) is 18.2. The average Bonchev–Trinajstić information content (AvgIpc) is 2.90. The molecule has 1 aliphatic rings. The summed E-state index contributed by atoms with van der Waals surface area (Å²) in [5, 5.41) is 10.2. The van der Waals surface area contributed by atoms with Crippen LogP contribution in [0.15, 0.2) is 60.7 Å². The van der Waals surface area contributed by atoms with Gasteiger partial charge in [0.2, 0.25) is 0 Å². The zero-order valence-corrected chi connectivity index (χ0v) is 26.9.